The van der Waals surface area contributed by atoms with E-state index < -0.39 is 0 Å². The average molecular weight is 415 g/mol. The predicted molar refractivity (Wildman–Crippen MR) is 141 cm³/mol. The average Bonchev–Trinajstić information content (AvgIpc) is 2.69. The van der Waals surface area contributed by atoms with Crippen LogP contribution in [-0.4, -0.2) is 23.0 Å². The van der Waals surface area contributed by atoms with Crippen LogP contribution in [-0.2, 0) is 0 Å². The fourth-order valence-corrected chi connectivity index (χ4v) is 3.87. The minimum atomic E-state index is 0.773. The number of halogens is 2. The van der Waals surface area contributed by atoms with Crippen LogP contribution in [0.3, 0.4) is 0 Å². The first-order chi connectivity index (χ1) is 13.9. The van der Waals surface area contributed by atoms with Gasteiger partial charge in [0.2, 0.25) is 0 Å². The second-order valence-corrected chi connectivity index (χ2v) is 8.30. The zero-order valence-corrected chi connectivity index (χ0v) is 18.9. The summed E-state index contributed by atoms with van der Waals surface area (Å²) in [4.78, 5) is 0. The van der Waals surface area contributed by atoms with E-state index in [1.54, 1.807) is 0 Å². The molecule has 0 unspecified atom stereocenters. The summed E-state index contributed by atoms with van der Waals surface area (Å²) in [6.07, 6.45) is 8.72. The first-order valence-corrected chi connectivity index (χ1v) is 10.6. The van der Waals surface area contributed by atoms with E-state index in [1.165, 1.54) is 44.2 Å². The van der Waals surface area contributed by atoms with Gasteiger partial charge in [-0.1, -0.05) is 95.0 Å². The summed E-state index contributed by atoms with van der Waals surface area (Å²) in [5.74, 6) is 0. The van der Waals surface area contributed by atoms with Crippen LogP contribution in [0.15, 0.2) is 48.5 Å². The molecule has 0 spiro atoms. The maximum Gasteiger partial charge on any atom is 0.155 e. The molecule has 0 saturated heterocycles. The SMILES string of the molecule is Bc1cc(/C=C\c2ccc(Cl)cc2BC)c(B)cc1/C=C\c1ccc(Cl)cc1C. The normalized spacial score (nSPS) is 11.4. The Labute approximate surface area is 186 Å². The summed E-state index contributed by atoms with van der Waals surface area (Å²) < 4.78 is 0. The molecular weight excluding hydrogens is 392 g/mol. The molecular formula is C24H23B3Cl2. The lowest BCUT2D eigenvalue weighted by molar-refractivity contribution is 1.45. The first-order valence-electron chi connectivity index (χ1n) is 9.89. The van der Waals surface area contributed by atoms with Gasteiger partial charge < -0.3 is 0 Å². The Morgan fingerprint density at radius 1 is 0.690 bits per heavy atom. The summed E-state index contributed by atoms with van der Waals surface area (Å²) in [7, 11) is 5.28. The van der Waals surface area contributed by atoms with Crippen LogP contribution in [0, 0.1) is 6.92 Å². The van der Waals surface area contributed by atoms with Gasteiger partial charge in [0.05, 0.1) is 0 Å². The van der Waals surface area contributed by atoms with Gasteiger partial charge in [-0.3, -0.25) is 0 Å². The third-order valence-electron chi connectivity index (χ3n) is 5.26. The number of rotatable bonds is 5. The maximum atomic E-state index is 6.13. The fourth-order valence-electron chi connectivity index (χ4n) is 3.45. The van der Waals surface area contributed by atoms with Crippen molar-refractivity contribution >= 4 is 86.9 Å². The molecule has 0 heterocycles. The standard InChI is InChI=1S/C24H23B3Cl2/c1-15-11-20(28)9-7-16(15)3-5-18-12-23(26)19(13-22(18)25)6-4-17-8-10-21(29)14-24(17)27-2/h3-14,27H,25-26H2,1-2H3/b5-3-,6-4-. The second kappa shape index (κ2) is 9.61. The number of hydrogen-bond acceptors (Lipinski definition) is 0. The summed E-state index contributed by atoms with van der Waals surface area (Å²) >= 11 is 12.2. The van der Waals surface area contributed by atoms with E-state index in [0.717, 1.165) is 17.3 Å². The highest BCUT2D eigenvalue weighted by atomic mass is 35.5. The van der Waals surface area contributed by atoms with Crippen LogP contribution in [0.2, 0.25) is 16.9 Å². The molecule has 3 rings (SSSR count). The van der Waals surface area contributed by atoms with Gasteiger partial charge in [0.15, 0.2) is 7.28 Å². The molecule has 3 aromatic rings. The summed E-state index contributed by atoms with van der Waals surface area (Å²) in [6, 6.07) is 16.6. The van der Waals surface area contributed by atoms with Gasteiger partial charge in [-0.05, 0) is 59.0 Å². The lowest BCUT2D eigenvalue weighted by atomic mass is 9.71. The highest BCUT2D eigenvalue weighted by Gasteiger charge is 2.03. The molecule has 0 nitrogen and oxygen atoms in total. The van der Waals surface area contributed by atoms with Crippen molar-refractivity contribution in [1.29, 1.82) is 0 Å². The zero-order chi connectivity index (χ0) is 21.0. The molecule has 0 aliphatic heterocycles. The monoisotopic (exact) mass is 414 g/mol. The topological polar surface area (TPSA) is 0 Å². The Kier molecular flexibility index (Phi) is 7.16. The molecule has 5 heteroatoms. The van der Waals surface area contributed by atoms with Crippen LogP contribution < -0.4 is 16.4 Å². The van der Waals surface area contributed by atoms with E-state index in [4.69, 9.17) is 23.2 Å². The number of benzene rings is 3. The fraction of sp³-hybridized carbons (Fsp3) is 0.0833. The predicted octanol–water partition coefficient (Wildman–Crippen LogP) is 3.27. The molecule has 0 saturated carbocycles. The van der Waals surface area contributed by atoms with Crippen LogP contribution in [0.4, 0.5) is 0 Å². The molecule has 0 fully saturated rings. The first kappa shape index (κ1) is 21.6. The molecule has 142 valence electrons. The second-order valence-electron chi connectivity index (χ2n) is 7.43. The van der Waals surface area contributed by atoms with Crippen molar-refractivity contribution in [2.75, 3.05) is 0 Å². The quantitative estimate of drug-likeness (QED) is 0.444. The van der Waals surface area contributed by atoms with Crippen molar-refractivity contribution in [1.82, 2.24) is 0 Å². The molecule has 0 atom stereocenters. The largest absolute Gasteiger partial charge is 0.155 e. The van der Waals surface area contributed by atoms with E-state index in [2.05, 4.69) is 78.0 Å². The van der Waals surface area contributed by atoms with Gasteiger partial charge in [0.25, 0.3) is 0 Å². The van der Waals surface area contributed by atoms with Crippen molar-refractivity contribution in [3.63, 3.8) is 0 Å². The van der Waals surface area contributed by atoms with Gasteiger partial charge in [-0.25, -0.2) is 0 Å². The summed E-state index contributed by atoms with van der Waals surface area (Å²) in [5, 5.41) is 1.56. The van der Waals surface area contributed by atoms with Crippen molar-refractivity contribution in [3.8, 4) is 0 Å². The Bertz CT molecular complexity index is 1100. The molecule has 0 aliphatic carbocycles. The molecule has 0 aromatic heterocycles. The van der Waals surface area contributed by atoms with E-state index in [1.807, 2.05) is 24.3 Å². The Balaban J connectivity index is 1.87. The molecule has 0 amide bonds. The summed E-state index contributed by atoms with van der Waals surface area (Å²) in [5.41, 5.74) is 9.82. The summed E-state index contributed by atoms with van der Waals surface area (Å²) in [6.45, 7) is 4.24. The molecule has 3 aromatic carbocycles. The van der Waals surface area contributed by atoms with E-state index in [-0.39, 0.29) is 0 Å². The van der Waals surface area contributed by atoms with Gasteiger partial charge >= 0.3 is 0 Å². The third kappa shape index (κ3) is 5.50. The van der Waals surface area contributed by atoms with Crippen molar-refractivity contribution in [3.05, 3.63) is 86.4 Å². The van der Waals surface area contributed by atoms with Crippen LogP contribution in [0.25, 0.3) is 24.3 Å². The molecule has 0 aliphatic rings. The van der Waals surface area contributed by atoms with Crippen LogP contribution in [0.1, 0.15) is 27.8 Å². The minimum absolute atomic E-state index is 0.773. The maximum absolute atomic E-state index is 6.13. The molecule has 0 N–H and O–H groups in total. The Morgan fingerprint density at radius 3 is 1.72 bits per heavy atom. The number of aryl methyl sites for hydroxylation is 1. The van der Waals surface area contributed by atoms with Crippen molar-refractivity contribution < 1.29 is 0 Å². The van der Waals surface area contributed by atoms with E-state index >= 15 is 0 Å². The Morgan fingerprint density at radius 2 is 1.17 bits per heavy atom. The van der Waals surface area contributed by atoms with Gasteiger partial charge in [-0.15, -0.1) is 0 Å². The zero-order valence-electron chi connectivity index (χ0n) is 17.4. The molecule has 0 bridgehead atoms. The van der Waals surface area contributed by atoms with Gasteiger partial charge in [0, 0.05) is 10.0 Å². The number of hydrogen-bond donors (Lipinski definition) is 0. The minimum Gasteiger partial charge on any atom is -0.0849 e. The molecule has 29 heavy (non-hydrogen) atoms. The van der Waals surface area contributed by atoms with Gasteiger partial charge in [0.1, 0.15) is 15.7 Å². The van der Waals surface area contributed by atoms with Crippen LogP contribution >= 0.6 is 23.2 Å². The lowest BCUT2D eigenvalue weighted by Crippen LogP contribution is -2.17. The third-order valence-corrected chi connectivity index (χ3v) is 5.73. The van der Waals surface area contributed by atoms with E-state index in [9.17, 15) is 0 Å². The van der Waals surface area contributed by atoms with E-state index in [0.29, 0.717) is 0 Å². The lowest BCUT2D eigenvalue weighted by Gasteiger charge is -2.09. The molecule has 0 radical (unpaired) electrons. The smallest absolute Gasteiger partial charge is 0.0849 e. The highest BCUT2D eigenvalue weighted by Crippen LogP contribution is 2.17. The van der Waals surface area contributed by atoms with Gasteiger partial charge in [-0.2, -0.15) is 0 Å². The van der Waals surface area contributed by atoms with Crippen molar-refractivity contribution in [2.45, 2.75) is 13.7 Å². The van der Waals surface area contributed by atoms with Crippen molar-refractivity contribution in [2.24, 2.45) is 0 Å². The Hall–Kier alpha value is -2.09. The highest BCUT2D eigenvalue weighted by molar-refractivity contribution is 6.53. The van der Waals surface area contributed by atoms with Crippen LogP contribution in [0.5, 0.6) is 0 Å².